The highest BCUT2D eigenvalue weighted by atomic mass is 16.3. The quantitative estimate of drug-likeness (QED) is 0.588. The number of hydrogen-bond donors (Lipinski definition) is 1. The lowest BCUT2D eigenvalue weighted by Crippen LogP contribution is -2.13. The van der Waals surface area contributed by atoms with E-state index in [9.17, 15) is 5.11 Å². The zero-order valence-electron chi connectivity index (χ0n) is 7.43. The second kappa shape index (κ2) is 5.72. The first kappa shape index (κ1) is 9.96. The van der Waals surface area contributed by atoms with Crippen molar-refractivity contribution in [2.45, 2.75) is 52.6 Å². The zero-order valence-corrected chi connectivity index (χ0v) is 7.43. The first-order valence-electron chi connectivity index (χ1n) is 4.36. The van der Waals surface area contributed by atoms with Crippen LogP contribution in [0.3, 0.4) is 0 Å². The third-order valence-corrected chi connectivity index (χ3v) is 1.87. The molecule has 1 heteroatoms. The molecule has 0 aromatic carbocycles. The van der Waals surface area contributed by atoms with Gasteiger partial charge in [0.05, 0.1) is 6.10 Å². The molecule has 0 fully saturated rings. The maximum absolute atomic E-state index is 9.35. The minimum Gasteiger partial charge on any atom is -0.393 e. The van der Waals surface area contributed by atoms with Crippen molar-refractivity contribution in [3.8, 4) is 0 Å². The molecule has 10 heavy (non-hydrogen) atoms. The van der Waals surface area contributed by atoms with Gasteiger partial charge in [-0.3, -0.25) is 0 Å². The maximum atomic E-state index is 9.35. The molecule has 0 aliphatic carbocycles. The molecule has 0 saturated heterocycles. The Morgan fingerprint density at radius 1 is 1.20 bits per heavy atom. The minimum atomic E-state index is -0.0773. The van der Waals surface area contributed by atoms with Crippen molar-refractivity contribution < 1.29 is 5.11 Å². The number of rotatable bonds is 5. The van der Waals surface area contributed by atoms with Crippen LogP contribution in [0.1, 0.15) is 46.5 Å². The molecule has 62 valence electrons. The van der Waals surface area contributed by atoms with Crippen LogP contribution < -0.4 is 0 Å². The van der Waals surface area contributed by atoms with Crippen molar-refractivity contribution in [1.29, 1.82) is 0 Å². The molecule has 0 radical (unpaired) electrons. The SMILES string of the molecule is CCCCCC(O)C(C)C. The minimum absolute atomic E-state index is 0.0773. The summed E-state index contributed by atoms with van der Waals surface area (Å²) < 4.78 is 0. The topological polar surface area (TPSA) is 20.2 Å². The second-order valence-corrected chi connectivity index (χ2v) is 3.31. The van der Waals surface area contributed by atoms with Crippen molar-refractivity contribution in [2.24, 2.45) is 5.92 Å². The Balaban J connectivity index is 3.13. The van der Waals surface area contributed by atoms with Gasteiger partial charge >= 0.3 is 0 Å². The molecule has 0 heterocycles. The van der Waals surface area contributed by atoms with Crippen molar-refractivity contribution in [2.75, 3.05) is 0 Å². The van der Waals surface area contributed by atoms with Crippen LogP contribution in [0.2, 0.25) is 0 Å². The molecule has 0 rings (SSSR count). The largest absolute Gasteiger partial charge is 0.393 e. The fourth-order valence-electron chi connectivity index (χ4n) is 0.937. The fourth-order valence-corrected chi connectivity index (χ4v) is 0.937. The van der Waals surface area contributed by atoms with Gasteiger partial charge in [-0.2, -0.15) is 0 Å². The van der Waals surface area contributed by atoms with Gasteiger partial charge < -0.3 is 5.11 Å². The summed E-state index contributed by atoms with van der Waals surface area (Å²) in [5.74, 6) is 0.428. The molecule has 1 unspecified atom stereocenters. The van der Waals surface area contributed by atoms with E-state index < -0.39 is 0 Å². The molecule has 0 spiro atoms. The first-order valence-corrected chi connectivity index (χ1v) is 4.36. The fraction of sp³-hybridized carbons (Fsp3) is 1.00. The average Bonchev–Trinajstić information content (AvgIpc) is 1.88. The van der Waals surface area contributed by atoms with Crippen LogP contribution in [-0.4, -0.2) is 11.2 Å². The molecule has 1 atom stereocenters. The highest BCUT2D eigenvalue weighted by Gasteiger charge is 2.06. The van der Waals surface area contributed by atoms with Crippen LogP contribution >= 0.6 is 0 Å². The van der Waals surface area contributed by atoms with Crippen LogP contribution in [-0.2, 0) is 0 Å². The third kappa shape index (κ3) is 4.80. The van der Waals surface area contributed by atoms with Crippen molar-refractivity contribution in [3.63, 3.8) is 0 Å². The van der Waals surface area contributed by atoms with E-state index >= 15 is 0 Å². The Hall–Kier alpha value is -0.0400. The van der Waals surface area contributed by atoms with Gasteiger partial charge in [-0.25, -0.2) is 0 Å². The molecule has 0 aliphatic heterocycles. The molecule has 0 amide bonds. The number of aliphatic hydroxyl groups is 1. The summed E-state index contributed by atoms with van der Waals surface area (Å²) >= 11 is 0. The highest BCUT2D eigenvalue weighted by Crippen LogP contribution is 2.10. The number of aliphatic hydroxyl groups excluding tert-OH is 1. The van der Waals surface area contributed by atoms with Crippen molar-refractivity contribution in [1.82, 2.24) is 0 Å². The molecular weight excluding hydrogens is 124 g/mol. The molecule has 0 aromatic rings. The molecular formula is C9H20O. The van der Waals surface area contributed by atoms with E-state index in [1.54, 1.807) is 0 Å². The number of unbranched alkanes of at least 4 members (excludes halogenated alkanes) is 2. The highest BCUT2D eigenvalue weighted by molar-refractivity contribution is 4.58. The lowest BCUT2D eigenvalue weighted by molar-refractivity contribution is 0.113. The Kier molecular flexibility index (Phi) is 5.70. The zero-order chi connectivity index (χ0) is 7.98. The van der Waals surface area contributed by atoms with Gasteiger partial charge in [0, 0.05) is 0 Å². The summed E-state index contributed by atoms with van der Waals surface area (Å²) in [5, 5.41) is 9.35. The van der Waals surface area contributed by atoms with Gasteiger partial charge in [-0.15, -0.1) is 0 Å². The maximum Gasteiger partial charge on any atom is 0.0563 e. The van der Waals surface area contributed by atoms with Gasteiger partial charge in [0.25, 0.3) is 0 Å². The lowest BCUT2D eigenvalue weighted by Gasteiger charge is -2.13. The lowest BCUT2D eigenvalue weighted by atomic mass is 10.0. The van der Waals surface area contributed by atoms with E-state index in [-0.39, 0.29) is 6.10 Å². The summed E-state index contributed by atoms with van der Waals surface area (Å²) in [6, 6.07) is 0. The summed E-state index contributed by atoms with van der Waals surface area (Å²) in [7, 11) is 0. The summed E-state index contributed by atoms with van der Waals surface area (Å²) in [6.07, 6.45) is 4.57. The molecule has 1 nitrogen and oxygen atoms in total. The smallest absolute Gasteiger partial charge is 0.0563 e. The number of hydrogen-bond acceptors (Lipinski definition) is 1. The van der Waals surface area contributed by atoms with Crippen LogP contribution in [0.4, 0.5) is 0 Å². The van der Waals surface area contributed by atoms with Gasteiger partial charge in [0.15, 0.2) is 0 Å². The average molecular weight is 144 g/mol. The van der Waals surface area contributed by atoms with Crippen LogP contribution in [0.5, 0.6) is 0 Å². The van der Waals surface area contributed by atoms with E-state index in [4.69, 9.17) is 0 Å². The Labute approximate surface area is 64.5 Å². The van der Waals surface area contributed by atoms with E-state index in [1.165, 1.54) is 19.3 Å². The van der Waals surface area contributed by atoms with Gasteiger partial charge in [0.1, 0.15) is 0 Å². The molecule has 0 bridgehead atoms. The van der Waals surface area contributed by atoms with E-state index in [0.29, 0.717) is 5.92 Å². The standard InChI is InChI=1S/C9H20O/c1-4-5-6-7-9(10)8(2)3/h8-10H,4-7H2,1-3H3. The van der Waals surface area contributed by atoms with Crippen molar-refractivity contribution >= 4 is 0 Å². The summed E-state index contributed by atoms with van der Waals surface area (Å²) in [4.78, 5) is 0. The van der Waals surface area contributed by atoms with Crippen LogP contribution in [0.25, 0.3) is 0 Å². The van der Waals surface area contributed by atoms with Crippen LogP contribution in [0.15, 0.2) is 0 Å². The van der Waals surface area contributed by atoms with E-state index in [0.717, 1.165) is 6.42 Å². The van der Waals surface area contributed by atoms with Gasteiger partial charge in [-0.05, 0) is 12.3 Å². The van der Waals surface area contributed by atoms with Gasteiger partial charge in [-0.1, -0.05) is 40.0 Å². The Morgan fingerprint density at radius 3 is 2.20 bits per heavy atom. The molecule has 0 aliphatic rings. The van der Waals surface area contributed by atoms with Crippen LogP contribution in [0, 0.1) is 5.92 Å². The Morgan fingerprint density at radius 2 is 1.80 bits per heavy atom. The Bertz CT molecular complexity index is 69.1. The van der Waals surface area contributed by atoms with E-state index in [1.807, 2.05) is 0 Å². The van der Waals surface area contributed by atoms with E-state index in [2.05, 4.69) is 20.8 Å². The first-order chi connectivity index (χ1) is 4.68. The summed E-state index contributed by atoms with van der Waals surface area (Å²) in [6.45, 7) is 6.31. The molecule has 1 N–H and O–H groups in total. The predicted octanol–water partition coefficient (Wildman–Crippen LogP) is 2.58. The second-order valence-electron chi connectivity index (χ2n) is 3.31. The monoisotopic (exact) mass is 144 g/mol. The predicted molar refractivity (Wildman–Crippen MR) is 45.0 cm³/mol. The molecule has 0 aromatic heterocycles. The normalized spacial score (nSPS) is 14.1. The third-order valence-electron chi connectivity index (χ3n) is 1.87. The summed E-state index contributed by atoms with van der Waals surface area (Å²) in [5.41, 5.74) is 0. The van der Waals surface area contributed by atoms with Crippen molar-refractivity contribution in [3.05, 3.63) is 0 Å². The van der Waals surface area contributed by atoms with Gasteiger partial charge in [0.2, 0.25) is 0 Å². The molecule has 0 saturated carbocycles.